The molecule has 5 aliphatic rings. The van der Waals surface area contributed by atoms with Gasteiger partial charge in [0.1, 0.15) is 5.78 Å². The summed E-state index contributed by atoms with van der Waals surface area (Å²) in [5.74, 6) is 1.19. The van der Waals surface area contributed by atoms with E-state index >= 15 is 0 Å². The quantitative estimate of drug-likeness (QED) is 0.432. The van der Waals surface area contributed by atoms with Crippen molar-refractivity contribution in [3.63, 3.8) is 0 Å². The van der Waals surface area contributed by atoms with E-state index in [9.17, 15) is 9.59 Å². The lowest BCUT2D eigenvalue weighted by Gasteiger charge is -2.72. The number of Topliss-reactive ketones (excluding diaryl/α,β-unsaturated/α-hetero) is 2. The van der Waals surface area contributed by atoms with E-state index in [-0.39, 0.29) is 56.3 Å². The van der Waals surface area contributed by atoms with E-state index < -0.39 is 5.41 Å². The lowest BCUT2D eigenvalue weighted by molar-refractivity contribution is -0.221. The van der Waals surface area contributed by atoms with Gasteiger partial charge in [-0.1, -0.05) is 54.5 Å². The molecule has 4 heteroatoms. The highest BCUT2D eigenvalue weighted by Crippen LogP contribution is 2.75. The second kappa shape index (κ2) is 7.31. The summed E-state index contributed by atoms with van der Waals surface area (Å²) in [5, 5.41) is 0. The van der Waals surface area contributed by atoms with Gasteiger partial charge in [0.25, 0.3) is 0 Å². The van der Waals surface area contributed by atoms with Crippen LogP contribution in [-0.2, 0) is 9.59 Å². The maximum absolute atomic E-state index is 14.4. The monoisotopic (exact) mass is 478 g/mol. The standard InChI is InChI=1S/C31H46N2O2/c1-26(2)11-13-31(18-32)14-12-30(7)24(19(31)16-26)21(34)15-23-28(5)17-20(33-8)25(35)27(3,4)22(28)9-10-29(23,30)6/h17,19,22-24H,9-16,18,32H2,1-7H3/t19-,22?,23?,24-,28-,29+,30+,31+/m0/s1. The summed E-state index contributed by atoms with van der Waals surface area (Å²) < 4.78 is 0. The van der Waals surface area contributed by atoms with E-state index in [1.807, 2.05) is 19.9 Å². The molecule has 2 N–H and O–H groups in total. The Balaban J connectivity index is 1.63. The fraction of sp³-hybridized carbons (Fsp3) is 0.839. The van der Waals surface area contributed by atoms with Crippen molar-refractivity contribution >= 4 is 11.6 Å². The van der Waals surface area contributed by atoms with Crippen molar-refractivity contribution in [1.29, 1.82) is 0 Å². The van der Waals surface area contributed by atoms with Crippen LogP contribution in [0.2, 0.25) is 0 Å². The second-order valence-electron chi connectivity index (χ2n) is 15.2. The molecule has 8 atom stereocenters. The normalized spacial score (nSPS) is 50.1. The average molecular weight is 479 g/mol. The van der Waals surface area contributed by atoms with Crippen molar-refractivity contribution in [1.82, 2.24) is 0 Å². The Hall–Kier alpha value is -1.47. The number of rotatable bonds is 1. The van der Waals surface area contributed by atoms with Crippen LogP contribution in [0.3, 0.4) is 0 Å². The molecule has 2 unspecified atom stereocenters. The van der Waals surface area contributed by atoms with Crippen LogP contribution in [-0.4, -0.2) is 18.1 Å². The predicted molar refractivity (Wildman–Crippen MR) is 139 cm³/mol. The van der Waals surface area contributed by atoms with Crippen LogP contribution in [0.5, 0.6) is 0 Å². The summed E-state index contributed by atoms with van der Waals surface area (Å²) in [6.45, 7) is 24.4. The van der Waals surface area contributed by atoms with Crippen molar-refractivity contribution in [3.05, 3.63) is 23.2 Å². The molecular weight excluding hydrogens is 432 g/mol. The van der Waals surface area contributed by atoms with Gasteiger partial charge in [0.15, 0.2) is 5.78 Å². The number of ketones is 2. The molecule has 4 saturated carbocycles. The van der Waals surface area contributed by atoms with Crippen LogP contribution in [0, 0.1) is 62.7 Å². The highest BCUT2D eigenvalue weighted by Gasteiger charge is 2.71. The van der Waals surface area contributed by atoms with Crippen molar-refractivity contribution in [3.8, 4) is 0 Å². The van der Waals surface area contributed by atoms with Crippen LogP contribution in [0.4, 0.5) is 0 Å². The third-order valence-corrected chi connectivity index (χ3v) is 13.0. The largest absolute Gasteiger partial charge is 0.330 e. The molecule has 5 rings (SSSR count). The number of hydrogen-bond acceptors (Lipinski definition) is 3. The molecule has 0 radical (unpaired) electrons. The fourth-order valence-electron chi connectivity index (χ4n) is 10.7. The average Bonchev–Trinajstić information content (AvgIpc) is 2.77. The Morgan fingerprint density at radius 1 is 0.943 bits per heavy atom. The summed E-state index contributed by atoms with van der Waals surface area (Å²) in [6, 6.07) is 0. The Labute approximate surface area is 212 Å². The number of nitrogens with two attached hydrogens (primary N) is 1. The molecule has 192 valence electrons. The van der Waals surface area contributed by atoms with Gasteiger partial charge in [0.05, 0.1) is 6.57 Å². The van der Waals surface area contributed by atoms with Crippen LogP contribution < -0.4 is 5.73 Å². The van der Waals surface area contributed by atoms with Gasteiger partial charge in [-0.25, -0.2) is 4.85 Å². The zero-order valence-corrected chi connectivity index (χ0v) is 23.1. The summed E-state index contributed by atoms with van der Waals surface area (Å²) in [4.78, 5) is 31.2. The van der Waals surface area contributed by atoms with Crippen LogP contribution in [0.25, 0.3) is 4.85 Å². The molecule has 35 heavy (non-hydrogen) atoms. The second-order valence-corrected chi connectivity index (χ2v) is 15.2. The third-order valence-electron chi connectivity index (χ3n) is 13.0. The Morgan fingerprint density at radius 3 is 2.23 bits per heavy atom. The maximum atomic E-state index is 14.4. The van der Waals surface area contributed by atoms with Gasteiger partial charge in [0, 0.05) is 17.8 Å². The molecule has 0 aromatic carbocycles. The van der Waals surface area contributed by atoms with Gasteiger partial charge in [-0.15, -0.1) is 0 Å². The lowest BCUT2D eigenvalue weighted by Crippen LogP contribution is -2.69. The first-order valence-corrected chi connectivity index (χ1v) is 14.0. The first-order valence-electron chi connectivity index (χ1n) is 14.0. The van der Waals surface area contributed by atoms with E-state index in [0.29, 0.717) is 24.7 Å². The molecule has 0 aliphatic heterocycles. The van der Waals surface area contributed by atoms with Gasteiger partial charge < -0.3 is 10.5 Å². The van der Waals surface area contributed by atoms with Crippen molar-refractivity contribution in [2.75, 3.05) is 6.54 Å². The van der Waals surface area contributed by atoms with Crippen molar-refractivity contribution in [2.24, 2.45) is 61.9 Å². The Kier molecular flexibility index (Phi) is 5.26. The first-order chi connectivity index (χ1) is 16.1. The SMILES string of the molecule is [C-]#[N+]C1=C[C@@]2(C)C(CC[C@]3(C)C2CC(=O)[C@@H]2[C@@H]4CC(C)(C)CC[C@]4(CN)CC[C@]23C)C(C)(C)C1=O. The van der Waals surface area contributed by atoms with E-state index in [1.165, 1.54) is 6.42 Å². The Bertz CT molecular complexity index is 1050. The molecule has 0 heterocycles. The van der Waals surface area contributed by atoms with Crippen LogP contribution >= 0.6 is 0 Å². The summed E-state index contributed by atoms with van der Waals surface area (Å²) in [6.07, 6.45) is 10.3. The molecule has 0 bridgehead atoms. The molecule has 0 spiro atoms. The molecule has 4 fully saturated rings. The first kappa shape index (κ1) is 25.2. The predicted octanol–water partition coefficient (Wildman–Crippen LogP) is 6.60. The summed E-state index contributed by atoms with van der Waals surface area (Å²) in [7, 11) is 0. The topological polar surface area (TPSA) is 64.5 Å². The smallest absolute Gasteiger partial charge is 0.226 e. The van der Waals surface area contributed by atoms with Crippen LogP contribution in [0.1, 0.15) is 99.8 Å². The minimum absolute atomic E-state index is 0.000714. The number of carbonyl (C=O) groups is 2. The molecular formula is C31H46N2O2. The highest BCUT2D eigenvalue weighted by atomic mass is 16.1. The van der Waals surface area contributed by atoms with E-state index in [0.717, 1.165) is 38.5 Å². The Morgan fingerprint density at radius 2 is 1.60 bits per heavy atom. The minimum atomic E-state index is -0.569. The third kappa shape index (κ3) is 3.00. The van der Waals surface area contributed by atoms with Gasteiger partial charge in [-0.2, -0.15) is 0 Å². The zero-order valence-electron chi connectivity index (χ0n) is 23.1. The molecule has 4 nitrogen and oxygen atoms in total. The number of hydrogen-bond donors (Lipinski definition) is 1. The van der Waals surface area contributed by atoms with E-state index in [2.05, 4.69) is 39.5 Å². The zero-order chi connectivity index (χ0) is 25.8. The molecule has 0 aromatic heterocycles. The summed E-state index contributed by atoms with van der Waals surface area (Å²) in [5.41, 5.74) is 6.20. The molecule has 5 aliphatic carbocycles. The highest BCUT2D eigenvalue weighted by molar-refractivity contribution is 6.02. The van der Waals surface area contributed by atoms with E-state index in [1.54, 1.807) is 0 Å². The van der Waals surface area contributed by atoms with Gasteiger partial charge >= 0.3 is 0 Å². The van der Waals surface area contributed by atoms with E-state index in [4.69, 9.17) is 12.3 Å². The molecule has 0 amide bonds. The molecule has 0 aromatic rings. The number of nitrogens with zero attached hydrogens (tertiary/aromatic N) is 1. The van der Waals surface area contributed by atoms with Crippen molar-refractivity contribution < 1.29 is 9.59 Å². The minimum Gasteiger partial charge on any atom is -0.330 e. The lowest BCUT2D eigenvalue weighted by atomic mass is 9.31. The van der Waals surface area contributed by atoms with Gasteiger partial charge in [-0.3, -0.25) is 4.79 Å². The van der Waals surface area contributed by atoms with Crippen LogP contribution in [0.15, 0.2) is 11.8 Å². The van der Waals surface area contributed by atoms with Crippen molar-refractivity contribution in [2.45, 2.75) is 99.8 Å². The maximum Gasteiger partial charge on any atom is 0.226 e. The summed E-state index contributed by atoms with van der Waals surface area (Å²) >= 11 is 0. The van der Waals surface area contributed by atoms with Gasteiger partial charge in [0.2, 0.25) is 5.70 Å². The molecule has 0 saturated heterocycles. The number of allylic oxidation sites excluding steroid dienone is 2. The van der Waals surface area contributed by atoms with Gasteiger partial charge in [-0.05, 0) is 96.3 Å². The number of fused-ring (bicyclic) bond motifs is 7. The fourth-order valence-corrected chi connectivity index (χ4v) is 10.7. The number of carbonyl (C=O) groups excluding carboxylic acids is 2.